The van der Waals surface area contributed by atoms with Gasteiger partial charge in [-0.3, -0.25) is 10.6 Å². The Kier molecular flexibility index (Phi) is 4.54. The number of halogens is 1. The summed E-state index contributed by atoms with van der Waals surface area (Å²) >= 11 is 1.53. The van der Waals surface area contributed by atoms with E-state index in [0.717, 1.165) is 15.6 Å². The van der Waals surface area contributed by atoms with Crippen molar-refractivity contribution in [2.75, 3.05) is 5.43 Å². The molecule has 5 nitrogen and oxygen atoms in total. The Morgan fingerprint density at radius 2 is 2.14 bits per heavy atom. The molecule has 0 saturated carbocycles. The van der Waals surface area contributed by atoms with E-state index >= 15 is 0 Å². The van der Waals surface area contributed by atoms with Crippen LogP contribution in [0.1, 0.15) is 38.9 Å². The molecule has 4 N–H and O–H groups in total. The number of nitrogen functional groups attached to an aromatic ring is 1. The van der Waals surface area contributed by atoms with Crippen LogP contribution in [0.2, 0.25) is 0 Å². The number of hydrazine groups is 1. The highest BCUT2D eigenvalue weighted by Gasteiger charge is 2.19. The van der Waals surface area contributed by atoms with Gasteiger partial charge in [0.25, 0.3) is 5.91 Å². The van der Waals surface area contributed by atoms with Crippen LogP contribution in [0.4, 0.5) is 10.1 Å². The van der Waals surface area contributed by atoms with Gasteiger partial charge in [-0.2, -0.15) is 0 Å². The Bertz CT molecular complexity index is 671. The number of benzene rings is 1. The smallest absolute Gasteiger partial charge is 0.254 e. The molecule has 1 heterocycles. The van der Waals surface area contributed by atoms with Crippen molar-refractivity contribution in [3.63, 3.8) is 0 Å². The molecular formula is C14H17FN4OS. The summed E-state index contributed by atoms with van der Waals surface area (Å²) in [7, 11) is 0. The van der Waals surface area contributed by atoms with Crippen LogP contribution in [0.5, 0.6) is 0 Å². The van der Waals surface area contributed by atoms with E-state index in [2.05, 4.69) is 15.7 Å². The normalized spacial score (nSPS) is 12.0. The lowest BCUT2D eigenvalue weighted by atomic mass is 10.1. The minimum Gasteiger partial charge on any atom is -0.345 e. The Labute approximate surface area is 126 Å². The van der Waals surface area contributed by atoms with Crippen molar-refractivity contribution in [1.82, 2.24) is 10.3 Å². The third kappa shape index (κ3) is 3.20. The van der Waals surface area contributed by atoms with Gasteiger partial charge in [-0.1, -0.05) is 6.07 Å². The van der Waals surface area contributed by atoms with Gasteiger partial charge >= 0.3 is 0 Å². The number of carbonyl (C=O) groups is 1. The average Bonchev–Trinajstić information content (AvgIpc) is 2.77. The van der Waals surface area contributed by atoms with Gasteiger partial charge in [0, 0.05) is 4.88 Å². The first kappa shape index (κ1) is 15.4. The zero-order chi connectivity index (χ0) is 15.6. The second-order valence-electron chi connectivity index (χ2n) is 4.68. The van der Waals surface area contributed by atoms with Crippen molar-refractivity contribution in [2.45, 2.75) is 26.8 Å². The lowest BCUT2D eigenvalue weighted by molar-refractivity contribution is 0.0941. The van der Waals surface area contributed by atoms with Crippen molar-refractivity contribution in [3.05, 3.63) is 45.2 Å². The molecule has 1 amide bonds. The van der Waals surface area contributed by atoms with Gasteiger partial charge in [0.2, 0.25) is 0 Å². The van der Waals surface area contributed by atoms with Crippen molar-refractivity contribution >= 4 is 22.9 Å². The Balaban J connectivity index is 2.22. The number of para-hydroxylation sites is 1. The molecule has 7 heteroatoms. The van der Waals surface area contributed by atoms with Crippen molar-refractivity contribution in [1.29, 1.82) is 0 Å². The molecule has 2 rings (SSSR count). The fraction of sp³-hybridized carbons (Fsp3) is 0.286. The number of nitrogens with one attached hydrogen (secondary N) is 2. The lowest BCUT2D eigenvalue weighted by Gasteiger charge is -2.15. The highest BCUT2D eigenvalue weighted by molar-refractivity contribution is 7.11. The standard InChI is InChI=1S/C14H17FN4OS/c1-7-13(21-9(3)17-7)8(2)18-14(20)10-5-4-6-11(15)12(10)19-16/h4-6,8,19H,16H2,1-3H3,(H,18,20). The van der Waals surface area contributed by atoms with Gasteiger partial charge in [-0.25, -0.2) is 9.37 Å². The number of nitrogens with zero attached hydrogens (tertiary/aromatic N) is 1. The second-order valence-corrected chi connectivity index (χ2v) is 5.92. The SMILES string of the molecule is Cc1nc(C)c(C(C)NC(=O)c2cccc(F)c2NN)s1. The maximum absolute atomic E-state index is 13.6. The van der Waals surface area contributed by atoms with Crippen LogP contribution >= 0.6 is 11.3 Å². The molecule has 1 aromatic carbocycles. The van der Waals surface area contributed by atoms with Gasteiger partial charge in [0.1, 0.15) is 5.82 Å². The molecule has 0 radical (unpaired) electrons. The van der Waals surface area contributed by atoms with Gasteiger partial charge in [0.05, 0.1) is 28.0 Å². The number of nitrogens with two attached hydrogens (primary N) is 1. The zero-order valence-corrected chi connectivity index (χ0v) is 12.8. The third-order valence-corrected chi connectivity index (χ3v) is 4.34. The van der Waals surface area contributed by atoms with E-state index in [1.165, 1.54) is 29.5 Å². The molecule has 0 bridgehead atoms. The second kappa shape index (κ2) is 6.19. The molecule has 0 aliphatic carbocycles. The molecule has 21 heavy (non-hydrogen) atoms. The zero-order valence-electron chi connectivity index (χ0n) is 12.0. The first-order valence-electron chi connectivity index (χ1n) is 6.44. The number of aryl methyl sites for hydroxylation is 2. The van der Waals surface area contributed by atoms with E-state index < -0.39 is 5.82 Å². The number of thiazole rings is 1. The Hall–Kier alpha value is -1.99. The summed E-state index contributed by atoms with van der Waals surface area (Å²) < 4.78 is 13.6. The summed E-state index contributed by atoms with van der Waals surface area (Å²) in [5, 5.41) is 3.78. The number of anilines is 1. The maximum Gasteiger partial charge on any atom is 0.254 e. The minimum absolute atomic E-state index is 0.0144. The van der Waals surface area contributed by atoms with Gasteiger partial charge in [-0.15, -0.1) is 11.3 Å². The van der Waals surface area contributed by atoms with Crippen molar-refractivity contribution in [2.24, 2.45) is 5.84 Å². The first-order chi connectivity index (χ1) is 9.93. The van der Waals surface area contributed by atoms with Crippen LogP contribution in [0.3, 0.4) is 0 Å². The summed E-state index contributed by atoms with van der Waals surface area (Å²) in [6, 6.07) is 4.02. The number of hydrogen-bond acceptors (Lipinski definition) is 5. The van der Waals surface area contributed by atoms with E-state index in [0.29, 0.717) is 0 Å². The summed E-state index contributed by atoms with van der Waals surface area (Å²) in [6.07, 6.45) is 0. The predicted octanol–water partition coefficient (Wildman–Crippen LogP) is 2.68. The molecule has 112 valence electrons. The Morgan fingerprint density at radius 1 is 1.43 bits per heavy atom. The van der Waals surface area contributed by atoms with Crippen LogP contribution in [-0.4, -0.2) is 10.9 Å². The summed E-state index contributed by atoms with van der Waals surface area (Å²) in [5.74, 6) is 4.33. The molecule has 0 spiro atoms. The molecule has 1 aromatic heterocycles. The van der Waals surface area contributed by atoms with Gasteiger partial charge in [-0.05, 0) is 32.9 Å². The summed E-state index contributed by atoms with van der Waals surface area (Å²) in [4.78, 5) is 17.6. The minimum atomic E-state index is -0.567. The fourth-order valence-corrected chi connectivity index (χ4v) is 3.08. The van der Waals surface area contributed by atoms with Crippen LogP contribution in [0, 0.1) is 19.7 Å². The highest BCUT2D eigenvalue weighted by atomic mass is 32.1. The van der Waals surface area contributed by atoms with E-state index in [1.807, 2.05) is 20.8 Å². The van der Waals surface area contributed by atoms with Crippen molar-refractivity contribution in [3.8, 4) is 0 Å². The number of rotatable bonds is 4. The molecule has 0 saturated heterocycles. The van der Waals surface area contributed by atoms with Crippen LogP contribution in [0.25, 0.3) is 0 Å². The monoisotopic (exact) mass is 308 g/mol. The van der Waals surface area contributed by atoms with Gasteiger partial charge in [0.15, 0.2) is 0 Å². The number of hydrogen-bond donors (Lipinski definition) is 3. The maximum atomic E-state index is 13.6. The van der Waals surface area contributed by atoms with Gasteiger partial charge < -0.3 is 10.7 Å². The lowest BCUT2D eigenvalue weighted by Crippen LogP contribution is -2.28. The van der Waals surface area contributed by atoms with E-state index in [4.69, 9.17) is 5.84 Å². The number of aromatic nitrogens is 1. The predicted molar refractivity (Wildman–Crippen MR) is 81.7 cm³/mol. The van der Waals surface area contributed by atoms with E-state index in [-0.39, 0.29) is 23.2 Å². The topological polar surface area (TPSA) is 80.0 Å². The third-order valence-electron chi connectivity index (χ3n) is 3.08. The Morgan fingerprint density at radius 3 is 2.71 bits per heavy atom. The number of carbonyl (C=O) groups excluding carboxylic acids is 1. The van der Waals surface area contributed by atoms with E-state index in [1.54, 1.807) is 0 Å². The molecule has 2 aromatic rings. The largest absolute Gasteiger partial charge is 0.345 e. The molecule has 0 aliphatic rings. The molecule has 0 aliphatic heterocycles. The van der Waals surface area contributed by atoms with E-state index in [9.17, 15) is 9.18 Å². The highest BCUT2D eigenvalue weighted by Crippen LogP contribution is 2.25. The van der Waals surface area contributed by atoms with Crippen LogP contribution < -0.4 is 16.6 Å². The molecule has 0 fully saturated rings. The first-order valence-corrected chi connectivity index (χ1v) is 7.25. The molecule has 1 atom stereocenters. The quantitative estimate of drug-likeness (QED) is 0.599. The number of amides is 1. The molecular weight excluding hydrogens is 291 g/mol. The van der Waals surface area contributed by atoms with Crippen LogP contribution in [0.15, 0.2) is 18.2 Å². The average molecular weight is 308 g/mol. The summed E-state index contributed by atoms with van der Waals surface area (Å²) in [6.45, 7) is 5.68. The summed E-state index contributed by atoms with van der Waals surface area (Å²) in [5.41, 5.74) is 3.27. The van der Waals surface area contributed by atoms with Crippen molar-refractivity contribution < 1.29 is 9.18 Å². The fourth-order valence-electron chi connectivity index (χ4n) is 2.15. The molecule has 1 unspecified atom stereocenters. The van der Waals surface area contributed by atoms with Crippen LogP contribution in [-0.2, 0) is 0 Å².